The van der Waals surface area contributed by atoms with Crippen LogP contribution in [-0.4, -0.2) is 24.8 Å². The molecule has 0 aromatic heterocycles. The van der Waals surface area contributed by atoms with Gasteiger partial charge in [0, 0.05) is 12.8 Å². The highest BCUT2D eigenvalue weighted by atomic mass is 16.1. The van der Waals surface area contributed by atoms with E-state index in [0.717, 1.165) is 0 Å². The van der Waals surface area contributed by atoms with E-state index in [1.54, 1.807) is 7.05 Å². The van der Waals surface area contributed by atoms with Crippen LogP contribution in [0.2, 0.25) is 0 Å². The number of hydrogen-bond acceptors (Lipinski definition) is 3. The molecule has 0 aliphatic rings. The molecule has 0 unspecified atom stereocenters. The highest BCUT2D eigenvalue weighted by Crippen LogP contribution is 2.04. The van der Waals surface area contributed by atoms with Gasteiger partial charge < -0.3 is 11.1 Å². The standard InChI is InChI=1S/C9H18N2O2/c1-6(2)4-8(12)7(11-3)5-9(10)13/h6-7,11H,4-5H2,1-3H3,(H2,10,13)/t7-/m0/s1. The number of ketones is 1. The molecule has 0 radical (unpaired) electrons. The fraction of sp³-hybridized carbons (Fsp3) is 0.778. The fourth-order valence-electron chi connectivity index (χ4n) is 1.12. The molecule has 0 aliphatic heterocycles. The molecule has 0 saturated carbocycles. The van der Waals surface area contributed by atoms with Crippen molar-refractivity contribution in [2.45, 2.75) is 32.7 Å². The third kappa shape index (κ3) is 5.36. The normalized spacial score (nSPS) is 12.9. The number of hydrogen-bond donors (Lipinski definition) is 2. The number of carbonyl (C=O) groups is 2. The summed E-state index contributed by atoms with van der Waals surface area (Å²) in [5.41, 5.74) is 5.01. The van der Waals surface area contributed by atoms with Gasteiger partial charge in [0.25, 0.3) is 0 Å². The molecular weight excluding hydrogens is 168 g/mol. The van der Waals surface area contributed by atoms with Gasteiger partial charge in [-0.2, -0.15) is 0 Å². The average Bonchev–Trinajstić information content (AvgIpc) is 1.98. The Morgan fingerprint density at radius 3 is 2.15 bits per heavy atom. The van der Waals surface area contributed by atoms with Gasteiger partial charge in [0.2, 0.25) is 5.91 Å². The first-order valence-electron chi connectivity index (χ1n) is 4.45. The molecule has 0 spiro atoms. The minimum absolute atomic E-state index is 0.0521. The minimum atomic E-state index is -0.448. The molecule has 3 N–H and O–H groups in total. The Balaban J connectivity index is 4.07. The zero-order chi connectivity index (χ0) is 10.4. The van der Waals surface area contributed by atoms with Crippen LogP contribution >= 0.6 is 0 Å². The van der Waals surface area contributed by atoms with Crippen LogP contribution < -0.4 is 11.1 Å². The van der Waals surface area contributed by atoms with Gasteiger partial charge in [0.05, 0.1) is 6.04 Å². The number of Topliss-reactive ketones (excluding diaryl/α,β-unsaturated/α-hetero) is 1. The molecule has 0 aliphatic carbocycles. The van der Waals surface area contributed by atoms with Gasteiger partial charge >= 0.3 is 0 Å². The van der Waals surface area contributed by atoms with E-state index in [1.165, 1.54) is 0 Å². The van der Waals surface area contributed by atoms with E-state index < -0.39 is 11.9 Å². The average molecular weight is 186 g/mol. The summed E-state index contributed by atoms with van der Waals surface area (Å²) in [7, 11) is 1.66. The van der Waals surface area contributed by atoms with Crippen LogP contribution in [0.1, 0.15) is 26.7 Å². The van der Waals surface area contributed by atoms with Crippen LogP contribution in [0.25, 0.3) is 0 Å². The molecule has 0 aromatic rings. The molecule has 0 bridgehead atoms. The highest BCUT2D eigenvalue weighted by molar-refractivity contribution is 5.89. The van der Waals surface area contributed by atoms with Gasteiger partial charge in [-0.25, -0.2) is 0 Å². The maximum absolute atomic E-state index is 11.4. The van der Waals surface area contributed by atoms with Crippen molar-refractivity contribution in [3.05, 3.63) is 0 Å². The van der Waals surface area contributed by atoms with Crippen molar-refractivity contribution in [2.75, 3.05) is 7.05 Å². The summed E-state index contributed by atoms with van der Waals surface area (Å²) in [5, 5.41) is 2.79. The SMILES string of the molecule is CN[C@@H](CC(N)=O)C(=O)CC(C)C. The van der Waals surface area contributed by atoms with Crippen molar-refractivity contribution in [3.63, 3.8) is 0 Å². The smallest absolute Gasteiger partial charge is 0.219 e. The van der Waals surface area contributed by atoms with Crippen LogP contribution in [0.5, 0.6) is 0 Å². The van der Waals surface area contributed by atoms with Crippen LogP contribution in [0.15, 0.2) is 0 Å². The molecule has 0 rings (SSSR count). The van der Waals surface area contributed by atoms with E-state index in [9.17, 15) is 9.59 Å². The number of primary amides is 1. The summed E-state index contributed by atoms with van der Waals surface area (Å²) in [6.07, 6.45) is 0.570. The van der Waals surface area contributed by atoms with Crippen LogP contribution in [-0.2, 0) is 9.59 Å². The lowest BCUT2D eigenvalue weighted by molar-refractivity contribution is -0.126. The molecule has 1 atom stereocenters. The van der Waals surface area contributed by atoms with Gasteiger partial charge in [0.15, 0.2) is 5.78 Å². The van der Waals surface area contributed by atoms with Crippen molar-refractivity contribution >= 4 is 11.7 Å². The van der Waals surface area contributed by atoms with Crippen LogP contribution in [0.3, 0.4) is 0 Å². The molecular formula is C9H18N2O2. The molecule has 4 heteroatoms. The Kier molecular flexibility index (Phi) is 5.30. The van der Waals surface area contributed by atoms with Gasteiger partial charge in [-0.3, -0.25) is 9.59 Å². The largest absolute Gasteiger partial charge is 0.370 e. The lowest BCUT2D eigenvalue weighted by Gasteiger charge is -2.14. The van der Waals surface area contributed by atoms with E-state index in [-0.39, 0.29) is 12.2 Å². The molecule has 4 nitrogen and oxygen atoms in total. The summed E-state index contributed by atoms with van der Waals surface area (Å²) in [6, 6.07) is -0.417. The Morgan fingerprint density at radius 1 is 1.31 bits per heavy atom. The van der Waals surface area contributed by atoms with Gasteiger partial charge in [-0.1, -0.05) is 13.8 Å². The van der Waals surface area contributed by atoms with Crippen LogP contribution in [0, 0.1) is 5.92 Å². The summed E-state index contributed by atoms with van der Waals surface area (Å²) in [4.78, 5) is 22.0. The number of rotatable bonds is 6. The predicted octanol–water partition coefficient (Wildman–Crippen LogP) is 0.0650. The Labute approximate surface area is 78.9 Å². The molecule has 13 heavy (non-hydrogen) atoms. The first-order valence-corrected chi connectivity index (χ1v) is 4.45. The number of carbonyl (C=O) groups excluding carboxylic acids is 2. The zero-order valence-corrected chi connectivity index (χ0v) is 8.46. The van der Waals surface area contributed by atoms with Crippen LogP contribution in [0.4, 0.5) is 0 Å². The molecule has 0 saturated heterocycles. The summed E-state index contributed by atoms with van der Waals surface area (Å²) < 4.78 is 0. The van der Waals surface area contributed by atoms with E-state index in [1.807, 2.05) is 13.8 Å². The summed E-state index contributed by atoms with van der Waals surface area (Å²) >= 11 is 0. The van der Waals surface area contributed by atoms with Gasteiger partial charge in [-0.05, 0) is 13.0 Å². The Morgan fingerprint density at radius 2 is 1.85 bits per heavy atom. The molecule has 0 fully saturated rings. The molecule has 0 aromatic carbocycles. The summed E-state index contributed by atoms with van der Waals surface area (Å²) in [5.74, 6) is -0.0796. The van der Waals surface area contributed by atoms with Crippen molar-refractivity contribution in [3.8, 4) is 0 Å². The third-order valence-electron chi connectivity index (χ3n) is 1.75. The topological polar surface area (TPSA) is 72.2 Å². The minimum Gasteiger partial charge on any atom is -0.370 e. The Hall–Kier alpha value is -0.900. The fourth-order valence-corrected chi connectivity index (χ4v) is 1.12. The van der Waals surface area contributed by atoms with Crippen molar-refractivity contribution in [1.82, 2.24) is 5.32 Å². The zero-order valence-electron chi connectivity index (χ0n) is 8.46. The molecule has 0 heterocycles. The molecule has 1 amide bonds. The number of likely N-dealkylation sites (N-methyl/N-ethyl adjacent to an activating group) is 1. The maximum Gasteiger partial charge on any atom is 0.219 e. The second kappa shape index (κ2) is 5.70. The lowest BCUT2D eigenvalue weighted by Crippen LogP contribution is -2.38. The highest BCUT2D eigenvalue weighted by Gasteiger charge is 2.18. The first kappa shape index (κ1) is 12.1. The summed E-state index contributed by atoms with van der Waals surface area (Å²) in [6.45, 7) is 3.93. The number of amides is 1. The second-order valence-electron chi connectivity index (χ2n) is 3.58. The van der Waals surface area contributed by atoms with E-state index in [0.29, 0.717) is 12.3 Å². The molecule has 76 valence electrons. The number of nitrogens with one attached hydrogen (secondary N) is 1. The lowest BCUT2D eigenvalue weighted by atomic mass is 10.00. The quantitative estimate of drug-likeness (QED) is 0.616. The van der Waals surface area contributed by atoms with Crippen molar-refractivity contribution < 1.29 is 9.59 Å². The second-order valence-corrected chi connectivity index (χ2v) is 3.58. The Bertz CT molecular complexity index is 190. The first-order chi connectivity index (χ1) is 5.97. The van der Waals surface area contributed by atoms with Crippen molar-refractivity contribution in [2.24, 2.45) is 11.7 Å². The van der Waals surface area contributed by atoms with Gasteiger partial charge in [-0.15, -0.1) is 0 Å². The predicted molar refractivity (Wildman–Crippen MR) is 51.1 cm³/mol. The van der Waals surface area contributed by atoms with E-state index in [2.05, 4.69) is 5.32 Å². The number of nitrogens with two attached hydrogens (primary N) is 1. The van der Waals surface area contributed by atoms with E-state index in [4.69, 9.17) is 5.73 Å². The van der Waals surface area contributed by atoms with E-state index >= 15 is 0 Å². The monoisotopic (exact) mass is 186 g/mol. The third-order valence-corrected chi connectivity index (χ3v) is 1.75. The van der Waals surface area contributed by atoms with Crippen molar-refractivity contribution in [1.29, 1.82) is 0 Å². The maximum atomic E-state index is 11.4. The van der Waals surface area contributed by atoms with Gasteiger partial charge in [0.1, 0.15) is 0 Å².